The molecule has 0 aromatic carbocycles. The molecule has 2 heteroatoms. The maximum atomic E-state index is 4.42. The highest BCUT2D eigenvalue weighted by molar-refractivity contribution is 8.01. The van der Waals surface area contributed by atoms with Gasteiger partial charge in [0, 0.05) is 11.0 Å². The predicted molar refractivity (Wildman–Crippen MR) is 44.2 cm³/mol. The largest absolute Gasteiger partial charge is 0.279 e. The van der Waals surface area contributed by atoms with E-state index in [0.717, 1.165) is 0 Å². The Bertz CT molecular complexity index is 131. The van der Waals surface area contributed by atoms with Crippen molar-refractivity contribution in [2.75, 3.05) is 0 Å². The predicted octanol–water partition coefficient (Wildman–Crippen LogP) is 2.32. The highest BCUT2D eigenvalue weighted by Crippen LogP contribution is 2.28. The van der Waals surface area contributed by atoms with E-state index in [1.807, 2.05) is 11.8 Å². The summed E-state index contributed by atoms with van der Waals surface area (Å²) in [6.45, 7) is 6.50. The van der Waals surface area contributed by atoms with Crippen LogP contribution in [-0.2, 0) is 0 Å². The van der Waals surface area contributed by atoms with Crippen molar-refractivity contribution in [3.8, 4) is 0 Å². The van der Waals surface area contributed by atoms with Crippen LogP contribution in [0.5, 0.6) is 0 Å². The smallest absolute Gasteiger partial charge is 0.0929 e. The first-order chi connectivity index (χ1) is 4.24. The SMILES string of the molecule is CCC1SC(C)N=C1C. The lowest BCUT2D eigenvalue weighted by atomic mass is 10.2. The Morgan fingerprint density at radius 1 is 1.67 bits per heavy atom. The normalized spacial score (nSPS) is 34.8. The monoisotopic (exact) mass is 143 g/mol. The van der Waals surface area contributed by atoms with Crippen molar-refractivity contribution in [1.29, 1.82) is 0 Å². The number of aliphatic imine (C=N–C) groups is 1. The second-order valence-corrected chi connectivity index (χ2v) is 3.93. The Labute approximate surface area is 60.9 Å². The Balaban J connectivity index is 2.53. The molecule has 0 aromatic heterocycles. The molecule has 1 rings (SSSR count). The van der Waals surface area contributed by atoms with E-state index in [1.54, 1.807) is 0 Å². The van der Waals surface area contributed by atoms with E-state index in [0.29, 0.717) is 10.6 Å². The van der Waals surface area contributed by atoms with Crippen LogP contribution in [0.25, 0.3) is 0 Å². The molecule has 1 heterocycles. The van der Waals surface area contributed by atoms with Gasteiger partial charge >= 0.3 is 0 Å². The fourth-order valence-electron chi connectivity index (χ4n) is 1.13. The summed E-state index contributed by atoms with van der Waals surface area (Å²) in [5.41, 5.74) is 1.33. The Morgan fingerprint density at radius 2 is 2.33 bits per heavy atom. The molecule has 1 aliphatic rings. The zero-order chi connectivity index (χ0) is 6.85. The highest BCUT2D eigenvalue weighted by Gasteiger charge is 2.20. The molecule has 0 saturated heterocycles. The average molecular weight is 143 g/mol. The van der Waals surface area contributed by atoms with E-state index in [-0.39, 0.29) is 0 Å². The summed E-state index contributed by atoms with van der Waals surface area (Å²) >= 11 is 1.97. The quantitative estimate of drug-likeness (QED) is 0.548. The van der Waals surface area contributed by atoms with Crippen molar-refractivity contribution in [1.82, 2.24) is 0 Å². The number of thioether (sulfide) groups is 1. The summed E-state index contributed by atoms with van der Waals surface area (Å²) in [7, 11) is 0. The molecule has 1 aliphatic heterocycles. The maximum Gasteiger partial charge on any atom is 0.0929 e. The molecule has 0 fully saturated rings. The van der Waals surface area contributed by atoms with Crippen LogP contribution in [0.4, 0.5) is 0 Å². The summed E-state index contributed by atoms with van der Waals surface area (Å²) in [5, 5.41) is 1.22. The Kier molecular flexibility index (Phi) is 2.17. The lowest BCUT2D eigenvalue weighted by molar-refractivity contribution is 1.02. The number of nitrogens with zero attached hydrogens (tertiary/aromatic N) is 1. The number of hydrogen-bond donors (Lipinski definition) is 0. The van der Waals surface area contributed by atoms with Gasteiger partial charge in [-0.05, 0) is 20.3 Å². The first-order valence-corrected chi connectivity index (χ1v) is 4.38. The van der Waals surface area contributed by atoms with E-state index in [9.17, 15) is 0 Å². The Hall–Kier alpha value is 0.0200. The third-order valence-corrected chi connectivity index (χ3v) is 3.09. The lowest BCUT2D eigenvalue weighted by Gasteiger charge is -2.04. The van der Waals surface area contributed by atoms with Crippen LogP contribution >= 0.6 is 11.8 Å². The second kappa shape index (κ2) is 2.74. The van der Waals surface area contributed by atoms with Crippen LogP contribution in [0.3, 0.4) is 0 Å². The standard InChI is InChI=1S/C7H13NS/c1-4-7-5(2)8-6(3)9-7/h6-7H,4H2,1-3H3. The molecule has 0 amide bonds. The minimum absolute atomic E-state index is 0.509. The molecule has 2 atom stereocenters. The summed E-state index contributed by atoms with van der Waals surface area (Å²) < 4.78 is 0. The van der Waals surface area contributed by atoms with Gasteiger partial charge in [0.05, 0.1) is 5.37 Å². The maximum absolute atomic E-state index is 4.42. The summed E-state index contributed by atoms with van der Waals surface area (Å²) in [5.74, 6) is 0. The van der Waals surface area contributed by atoms with Crippen molar-refractivity contribution in [2.24, 2.45) is 4.99 Å². The zero-order valence-electron chi connectivity index (χ0n) is 6.22. The van der Waals surface area contributed by atoms with E-state index in [2.05, 4.69) is 25.8 Å². The summed E-state index contributed by atoms with van der Waals surface area (Å²) in [4.78, 5) is 4.42. The molecule has 9 heavy (non-hydrogen) atoms. The Morgan fingerprint density at radius 3 is 2.56 bits per heavy atom. The third kappa shape index (κ3) is 1.48. The van der Waals surface area contributed by atoms with Crippen molar-refractivity contribution < 1.29 is 0 Å². The second-order valence-electron chi connectivity index (χ2n) is 2.40. The first-order valence-electron chi connectivity index (χ1n) is 3.43. The minimum atomic E-state index is 0.509. The highest BCUT2D eigenvalue weighted by atomic mass is 32.2. The topological polar surface area (TPSA) is 12.4 Å². The molecule has 0 radical (unpaired) electrons. The molecule has 0 aliphatic carbocycles. The third-order valence-electron chi connectivity index (χ3n) is 1.58. The molecule has 0 bridgehead atoms. The summed E-state index contributed by atoms with van der Waals surface area (Å²) in [6, 6.07) is 0. The van der Waals surface area contributed by atoms with Gasteiger partial charge in [0.1, 0.15) is 0 Å². The van der Waals surface area contributed by atoms with E-state index in [4.69, 9.17) is 0 Å². The first kappa shape index (κ1) is 7.13. The average Bonchev–Trinajstić information content (AvgIpc) is 2.10. The van der Waals surface area contributed by atoms with E-state index < -0.39 is 0 Å². The van der Waals surface area contributed by atoms with Gasteiger partial charge in [-0.25, -0.2) is 0 Å². The van der Waals surface area contributed by atoms with Crippen LogP contribution in [0, 0.1) is 0 Å². The van der Waals surface area contributed by atoms with Crippen molar-refractivity contribution in [2.45, 2.75) is 37.8 Å². The van der Waals surface area contributed by atoms with Gasteiger partial charge in [-0.1, -0.05) is 6.92 Å². The van der Waals surface area contributed by atoms with E-state index in [1.165, 1.54) is 12.1 Å². The fourth-order valence-corrected chi connectivity index (χ4v) is 2.28. The van der Waals surface area contributed by atoms with Crippen LogP contribution in [0.1, 0.15) is 27.2 Å². The van der Waals surface area contributed by atoms with Gasteiger partial charge in [0.2, 0.25) is 0 Å². The fraction of sp³-hybridized carbons (Fsp3) is 0.857. The molecule has 0 saturated carbocycles. The number of hydrogen-bond acceptors (Lipinski definition) is 2. The van der Waals surface area contributed by atoms with E-state index >= 15 is 0 Å². The van der Waals surface area contributed by atoms with Crippen LogP contribution in [-0.4, -0.2) is 16.3 Å². The lowest BCUT2D eigenvalue weighted by Crippen LogP contribution is -2.06. The molecule has 2 unspecified atom stereocenters. The molecule has 0 N–H and O–H groups in total. The minimum Gasteiger partial charge on any atom is -0.279 e. The summed E-state index contributed by atoms with van der Waals surface area (Å²) in [6.07, 6.45) is 1.23. The van der Waals surface area contributed by atoms with Gasteiger partial charge < -0.3 is 0 Å². The van der Waals surface area contributed by atoms with Gasteiger partial charge in [-0.15, -0.1) is 11.8 Å². The van der Waals surface area contributed by atoms with Gasteiger partial charge in [0.15, 0.2) is 0 Å². The van der Waals surface area contributed by atoms with Crippen molar-refractivity contribution in [3.63, 3.8) is 0 Å². The van der Waals surface area contributed by atoms with Crippen molar-refractivity contribution in [3.05, 3.63) is 0 Å². The van der Waals surface area contributed by atoms with Crippen molar-refractivity contribution >= 4 is 17.5 Å². The van der Waals surface area contributed by atoms with Crippen LogP contribution in [0.2, 0.25) is 0 Å². The molecule has 0 aromatic rings. The number of rotatable bonds is 1. The molecular weight excluding hydrogens is 130 g/mol. The van der Waals surface area contributed by atoms with Gasteiger partial charge in [-0.3, -0.25) is 4.99 Å². The van der Waals surface area contributed by atoms with Gasteiger partial charge in [0.25, 0.3) is 0 Å². The molecule has 1 nitrogen and oxygen atoms in total. The molecular formula is C7H13NS. The van der Waals surface area contributed by atoms with Crippen LogP contribution < -0.4 is 0 Å². The zero-order valence-corrected chi connectivity index (χ0v) is 7.03. The van der Waals surface area contributed by atoms with Gasteiger partial charge in [-0.2, -0.15) is 0 Å². The van der Waals surface area contributed by atoms with Crippen LogP contribution in [0.15, 0.2) is 4.99 Å². The molecule has 52 valence electrons. The molecule has 0 spiro atoms.